The summed E-state index contributed by atoms with van der Waals surface area (Å²) in [4.78, 5) is 11.0. The molecule has 0 aliphatic carbocycles. The molecule has 0 unspecified atom stereocenters. The third-order valence-corrected chi connectivity index (χ3v) is 3.92. The molecule has 1 heterocycles. The summed E-state index contributed by atoms with van der Waals surface area (Å²) in [5.74, 6) is 0. The van der Waals surface area contributed by atoms with Crippen molar-refractivity contribution >= 4 is 16.3 Å². The minimum absolute atomic E-state index is 0.123. The van der Waals surface area contributed by atoms with Crippen LogP contribution in [0.5, 0.6) is 0 Å². The summed E-state index contributed by atoms with van der Waals surface area (Å²) in [5, 5.41) is 0. The smallest absolute Gasteiger partial charge is 0.421 e. The fourth-order valence-electron chi connectivity index (χ4n) is 1.81. The molecule has 1 rings (SSSR count). The molecule has 0 bridgehead atoms. The van der Waals surface area contributed by atoms with E-state index in [1.165, 1.54) is 0 Å². The predicted octanol–water partition coefficient (Wildman–Crippen LogP) is -0.209. The molecule has 3 N–H and O–H groups in total. The van der Waals surface area contributed by atoms with E-state index in [1.807, 2.05) is 11.6 Å². The molecule has 1 aliphatic heterocycles. The van der Waals surface area contributed by atoms with Gasteiger partial charge in [0.05, 0.1) is 6.61 Å². The predicted molar refractivity (Wildman–Crippen MR) is 62.5 cm³/mol. The van der Waals surface area contributed by atoms with E-state index < -0.39 is 21.8 Å². The second kappa shape index (κ2) is 5.19. The quantitative estimate of drug-likeness (QED) is 0.716. The van der Waals surface area contributed by atoms with Crippen molar-refractivity contribution in [3.8, 4) is 0 Å². The van der Waals surface area contributed by atoms with Crippen LogP contribution in [-0.4, -0.2) is 44.1 Å². The van der Waals surface area contributed by atoms with Crippen LogP contribution in [0.3, 0.4) is 0 Å². The van der Waals surface area contributed by atoms with Gasteiger partial charge in [-0.05, 0) is 13.3 Å². The molecule has 1 fully saturated rings. The maximum Gasteiger partial charge on any atom is 0.421 e. The fraction of sp³-hybridized carbons (Fsp3) is 0.889. The maximum absolute atomic E-state index is 11.6. The highest BCUT2D eigenvalue weighted by Gasteiger charge is 2.45. The van der Waals surface area contributed by atoms with Gasteiger partial charge in [0.15, 0.2) is 0 Å². The second-order valence-electron chi connectivity index (χ2n) is 4.21. The number of hydrogen-bond acceptors (Lipinski definition) is 5. The van der Waals surface area contributed by atoms with Crippen molar-refractivity contribution in [3.63, 3.8) is 0 Å². The summed E-state index contributed by atoms with van der Waals surface area (Å²) in [6, 6.07) is 0. The summed E-state index contributed by atoms with van der Waals surface area (Å²) < 4.78 is 30.8. The number of rotatable bonds is 5. The van der Waals surface area contributed by atoms with Crippen LogP contribution in [0, 0.1) is 0 Å². The molecule has 1 saturated heterocycles. The first-order chi connectivity index (χ1) is 7.83. The first-order valence-electron chi connectivity index (χ1n) is 5.56. The molecule has 0 atom stereocenters. The molecule has 0 aromatic rings. The average molecular weight is 265 g/mol. The van der Waals surface area contributed by atoms with Crippen LogP contribution in [0.15, 0.2) is 0 Å². The Kier molecular flexibility index (Phi) is 4.34. The highest BCUT2D eigenvalue weighted by molar-refractivity contribution is 7.87. The van der Waals surface area contributed by atoms with Crippen LogP contribution in [0.4, 0.5) is 4.79 Å². The zero-order valence-corrected chi connectivity index (χ0v) is 10.9. The van der Waals surface area contributed by atoms with Gasteiger partial charge in [-0.2, -0.15) is 12.7 Å². The Labute approximate surface area is 101 Å². The molecule has 0 radical (unpaired) electrons. The number of ether oxygens (including phenoxy) is 1. The molecule has 0 aromatic heterocycles. The van der Waals surface area contributed by atoms with Crippen molar-refractivity contribution in [2.75, 3.05) is 19.7 Å². The standard InChI is InChI=1S/C9H19N3O4S/c1-3-5-9(10)6-12(7-9)17(14,15)11-8(13)16-4-2/h3-7,10H2,1-2H3,(H,11,13). The number of carbonyl (C=O) groups excluding carboxylic acids is 1. The average Bonchev–Trinajstić information content (AvgIpc) is 2.13. The van der Waals surface area contributed by atoms with Crippen LogP contribution in [0.1, 0.15) is 26.7 Å². The Bertz CT molecular complexity index is 376. The van der Waals surface area contributed by atoms with E-state index in [9.17, 15) is 13.2 Å². The number of nitrogens with one attached hydrogen (secondary N) is 1. The zero-order chi connectivity index (χ0) is 13.1. The van der Waals surface area contributed by atoms with Crippen LogP contribution in [0.25, 0.3) is 0 Å². The van der Waals surface area contributed by atoms with Gasteiger partial charge in [0.1, 0.15) is 0 Å². The monoisotopic (exact) mass is 265 g/mol. The summed E-state index contributed by atoms with van der Waals surface area (Å²) in [6.45, 7) is 4.17. The summed E-state index contributed by atoms with van der Waals surface area (Å²) >= 11 is 0. The van der Waals surface area contributed by atoms with Gasteiger partial charge in [-0.3, -0.25) is 0 Å². The molecule has 0 aromatic carbocycles. The van der Waals surface area contributed by atoms with Crippen LogP contribution >= 0.6 is 0 Å². The first kappa shape index (κ1) is 14.2. The van der Waals surface area contributed by atoms with Crippen molar-refractivity contribution in [1.82, 2.24) is 9.03 Å². The van der Waals surface area contributed by atoms with Gasteiger partial charge in [0.2, 0.25) is 0 Å². The topological polar surface area (TPSA) is 102 Å². The van der Waals surface area contributed by atoms with Crippen molar-refractivity contribution in [3.05, 3.63) is 0 Å². The number of carbonyl (C=O) groups is 1. The lowest BCUT2D eigenvalue weighted by Gasteiger charge is -2.46. The molecular weight excluding hydrogens is 246 g/mol. The highest BCUT2D eigenvalue weighted by Crippen LogP contribution is 2.25. The number of nitrogens with two attached hydrogens (primary N) is 1. The molecule has 0 spiro atoms. The van der Waals surface area contributed by atoms with E-state index in [0.29, 0.717) is 0 Å². The molecule has 1 amide bonds. The van der Waals surface area contributed by atoms with Gasteiger partial charge < -0.3 is 10.5 Å². The molecule has 8 heteroatoms. The summed E-state index contributed by atoms with van der Waals surface area (Å²) in [7, 11) is -3.81. The molecule has 0 saturated carbocycles. The minimum Gasteiger partial charge on any atom is -0.449 e. The van der Waals surface area contributed by atoms with Gasteiger partial charge in [0, 0.05) is 18.6 Å². The zero-order valence-electron chi connectivity index (χ0n) is 10.1. The molecule has 17 heavy (non-hydrogen) atoms. The van der Waals surface area contributed by atoms with Gasteiger partial charge in [-0.15, -0.1) is 0 Å². The van der Waals surface area contributed by atoms with Crippen LogP contribution in [0.2, 0.25) is 0 Å². The lowest BCUT2D eigenvalue weighted by Crippen LogP contribution is -2.70. The van der Waals surface area contributed by atoms with E-state index >= 15 is 0 Å². The van der Waals surface area contributed by atoms with Crippen LogP contribution in [-0.2, 0) is 14.9 Å². The van der Waals surface area contributed by atoms with Gasteiger partial charge >= 0.3 is 16.3 Å². The first-order valence-corrected chi connectivity index (χ1v) is 7.00. The number of nitrogens with zero attached hydrogens (tertiary/aromatic N) is 1. The Balaban J connectivity index is 2.50. The van der Waals surface area contributed by atoms with E-state index in [0.717, 1.165) is 17.1 Å². The van der Waals surface area contributed by atoms with Crippen molar-refractivity contribution < 1.29 is 17.9 Å². The number of amides is 1. The SMILES string of the molecule is CCCC1(N)CN(S(=O)(=O)NC(=O)OCC)C1. The third-order valence-electron chi connectivity index (χ3n) is 2.56. The van der Waals surface area contributed by atoms with Crippen LogP contribution < -0.4 is 10.5 Å². The highest BCUT2D eigenvalue weighted by atomic mass is 32.2. The third kappa shape index (κ3) is 3.55. The van der Waals surface area contributed by atoms with Crippen molar-refractivity contribution in [1.29, 1.82) is 0 Å². The van der Waals surface area contributed by atoms with E-state index in [1.54, 1.807) is 6.92 Å². The molecule has 100 valence electrons. The largest absolute Gasteiger partial charge is 0.449 e. The lowest BCUT2D eigenvalue weighted by atomic mass is 9.89. The van der Waals surface area contributed by atoms with Gasteiger partial charge in [-0.1, -0.05) is 13.3 Å². The molecule has 1 aliphatic rings. The van der Waals surface area contributed by atoms with Crippen molar-refractivity contribution in [2.45, 2.75) is 32.2 Å². The van der Waals surface area contributed by atoms with Crippen molar-refractivity contribution in [2.24, 2.45) is 5.73 Å². The Hall–Kier alpha value is -0.860. The molecule has 7 nitrogen and oxygen atoms in total. The van der Waals surface area contributed by atoms with Gasteiger partial charge in [-0.25, -0.2) is 9.52 Å². The Morgan fingerprint density at radius 1 is 1.47 bits per heavy atom. The van der Waals surface area contributed by atoms with E-state index in [-0.39, 0.29) is 19.7 Å². The fourth-order valence-corrected chi connectivity index (χ4v) is 3.07. The minimum atomic E-state index is -3.81. The second-order valence-corrected chi connectivity index (χ2v) is 5.88. The molecular formula is C9H19N3O4S. The summed E-state index contributed by atoms with van der Waals surface area (Å²) in [6.07, 6.45) is 0.700. The Morgan fingerprint density at radius 3 is 2.53 bits per heavy atom. The Morgan fingerprint density at radius 2 is 2.06 bits per heavy atom. The maximum atomic E-state index is 11.6. The normalized spacial score (nSPS) is 19.5. The van der Waals surface area contributed by atoms with Gasteiger partial charge in [0.25, 0.3) is 0 Å². The van der Waals surface area contributed by atoms with E-state index in [4.69, 9.17) is 5.73 Å². The lowest BCUT2D eigenvalue weighted by molar-refractivity contribution is 0.139. The summed E-state index contributed by atoms with van der Waals surface area (Å²) in [5.41, 5.74) is 5.48. The number of hydrogen-bond donors (Lipinski definition) is 2. The van der Waals surface area contributed by atoms with E-state index in [2.05, 4.69) is 4.74 Å².